The molecule has 0 amide bonds. The molecule has 170 valence electrons. The monoisotopic (exact) mass is 446 g/mol. The fourth-order valence-corrected chi connectivity index (χ4v) is 2.78. The quantitative estimate of drug-likeness (QED) is 0.388. The number of rotatable bonds is 9. The van der Waals surface area contributed by atoms with Gasteiger partial charge < -0.3 is 20.1 Å². The molecule has 32 heavy (non-hydrogen) atoms. The fourth-order valence-electron chi connectivity index (χ4n) is 2.78. The van der Waals surface area contributed by atoms with Crippen molar-refractivity contribution in [2.45, 2.75) is 39.5 Å². The predicted molar refractivity (Wildman–Crippen MR) is 118 cm³/mol. The van der Waals surface area contributed by atoms with E-state index in [1.807, 2.05) is 20.8 Å². The van der Waals surface area contributed by atoms with E-state index in [-0.39, 0.29) is 17.9 Å². The van der Waals surface area contributed by atoms with Gasteiger partial charge in [-0.15, -0.1) is 0 Å². The van der Waals surface area contributed by atoms with Crippen molar-refractivity contribution in [1.29, 1.82) is 0 Å². The van der Waals surface area contributed by atoms with E-state index in [0.717, 1.165) is 12.6 Å². The van der Waals surface area contributed by atoms with Crippen molar-refractivity contribution >= 4 is 23.1 Å². The zero-order valence-corrected chi connectivity index (χ0v) is 18.0. The average Bonchev–Trinajstić information content (AvgIpc) is 2.74. The molecule has 3 rings (SSSR count). The molecule has 0 atom stereocenters. The van der Waals surface area contributed by atoms with Gasteiger partial charge in [0.05, 0.1) is 18.4 Å². The highest BCUT2D eigenvalue weighted by molar-refractivity contribution is 5.67. The lowest BCUT2D eigenvalue weighted by Gasteiger charge is -2.18. The fraction of sp³-hybridized carbons (Fsp3) is 0.304. The van der Waals surface area contributed by atoms with Crippen LogP contribution in [0.2, 0.25) is 0 Å². The van der Waals surface area contributed by atoms with E-state index in [2.05, 4.69) is 20.6 Å². The van der Waals surface area contributed by atoms with Crippen LogP contribution < -0.4 is 20.1 Å². The first-order valence-electron chi connectivity index (χ1n) is 10.2. The Morgan fingerprint density at radius 1 is 1.00 bits per heavy atom. The number of ether oxygens (including phenoxy) is 2. The zero-order chi connectivity index (χ0) is 23.1. The number of alkyl halides is 3. The molecular formula is C23H25F3N4O2. The molecule has 0 aliphatic heterocycles. The van der Waals surface area contributed by atoms with Gasteiger partial charge in [-0.1, -0.05) is 19.1 Å². The second-order valence-corrected chi connectivity index (χ2v) is 7.24. The van der Waals surface area contributed by atoms with Gasteiger partial charge in [0, 0.05) is 11.9 Å². The second-order valence-electron chi connectivity index (χ2n) is 7.24. The third-order valence-electron chi connectivity index (χ3n) is 4.18. The maximum atomic E-state index is 13.6. The molecule has 0 radical (unpaired) electrons. The molecule has 0 bridgehead atoms. The molecule has 1 aromatic heterocycles. The summed E-state index contributed by atoms with van der Waals surface area (Å²) in [6.45, 7) is 6.29. The van der Waals surface area contributed by atoms with Crippen molar-refractivity contribution in [3.05, 3.63) is 60.3 Å². The highest BCUT2D eigenvalue weighted by atomic mass is 19.4. The molecule has 6 nitrogen and oxygen atoms in total. The lowest BCUT2D eigenvalue weighted by Crippen LogP contribution is -2.13. The summed E-state index contributed by atoms with van der Waals surface area (Å²) in [5.74, 6) is 0.768. The van der Waals surface area contributed by atoms with E-state index in [9.17, 15) is 13.2 Å². The molecule has 0 aliphatic rings. The zero-order valence-electron chi connectivity index (χ0n) is 18.0. The van der Waals surface area contributed by atoms with Gasteiger partial charge in [0.2, 0.25) is 5.95 Å². The number of nitrogens with one attached hydrogen (secondary N) is 2. The molecule has 0 unspecified atom stereocenters. The number of hydrogen-bond acceptors (Lipinski definition) is 6. The van der Waals surface area contributed by atoms with Gasteiger partial charge in [0.1, 0.15) is 22.9 Å². The minimum absolute atomic E-state index is 0.0185. The van der Waals surface area contributed by atoms with Crippen LogP contribution in [-0.4, -0.2) is 22.7 Å². The second kappa shape index (κ2) is 10.2. The SMILES string of the molecule is CCCOc1ccc(Nc2ncc(C(F)(F)F)c(Nc3ccccc3OC(C)C)n2)cc1. The van der Waals surface area contributed by atoms with Gasteiger partial charge in [0.25, 0.3) is 0 Å². The minimum Gasteiger partial charge on any atom is -0.494 e. The lowest BCUT2D eigenvalue weighted by atomic mass is 10.2. The van der Waals surface area contributed by atoms with Crippen LogP contribution >= 0.6 is 0 Å². The van der Waals surface area contributed by atoms with E-state index >= 15 is 0 Å². The molecule has 0 saturated carbocycles. The minimum atomic E-state index is -4.63. The van der Waals surface area contributed by atoms with Crippen molar-refractivity contribution in [1.82, 2.24) is 9.97 Å². The lowest BCUT2D eigenvalue weighted by molar-refractivity contribution is -0.137. The number of nitrogens with zero attached hydrogens (tertiary/aromatic N) is 2. The van der Waals surface area contributed by atoms with Crippen molar-refractivity contribution in [2.75, 3.05) is 17.2 Å². The van der Waals surface area contributed by atoms with Crippen molar-refractivity contribution in [2.24, 2.45) is 0 Å². The van der Waals surface area contributed by atoms with Crippen LogP contribution in [0.1, 0.15) is 32.8 Å². The summed E-state index contributed by atoms with van der Waals surface area (Å²) >= 11 is 0. The Bertz CT molecular complexity index is 1020. The number of aromatic nitrogens is 2. The number of benzene rings is 2. The maximum Gasteiger partial charge on any atom is 0.421 e. The van der Waals surface area contributed by atoms with E-state index in [1.165, 1.54) is 0 Å². The first-order chi connectivity index (χ1) is 15.3. The first kappa shape index (κ1) is 23.2. The van der Waals surface area contributed by atoms with Gasteiger partial charge in [-0.05, 0) is 56.7 Å². The van der Waals surface area contributed by atoms with Gasteiger partial charge >= 0.3 is 6.18 Å². The van der Waals surface area contributed by atoms with Crippen molar-refractivity contribution in [3.63, 3.8) is 0 Å². The summed E-state index contributed by atoms with van der Waals surface area (Å²) in [6, 6.07) is 13.8. The van der Waals surface area contributed by atoms with Crippen LogP contribution in [-0.2, 0) is 6.18 Å². The third kappa shape index (κ3) is 6.26. The van der Waals surface area contributed by atoms with Crippen LogP contribution in [0.15, 0.2) is 54.7 Å². The Morgan fingerprint density at radius 3 is 2.38 bits per heavy atom. The molecular weight excluding hydrogens is 421 g/mol. The highest BCUT2D eigenvalue weighted by Gasteiger charge is 2.35. The normalized spacial score (nSPS) is 11.3. The highest BCUT2D eigenvalue weighted by Crippen LogP contribution is 2.37. The summed E-state index contributed by atoms with van der Waals surface area (Å²) in [4.78, 5) is 7.92. The molecule has 0 aliphatic carbocycles. The summed E-state index contributed by atoms with van der Waals surface area (Å²) in [7, 11) is 0. The Balaban J connectivity index is 1.88. The average molecular weight is 446 g/mol. The summed E-state index contributed by atoms with van der Waals surface area (Å²) in [6.07, 6.45) is -3.14. The van der Waals surface area contributed by atoms with Crippen LogP contribution in [0.5, 0.6) is 11.5 Å². The van der Waals surface area contributed by atoms with E-state index in [0.29, 0.717) is 29.5 Å². The molecule has 9 heteroatoms. The molecule has 1 heterocycles. The van der Waals surface area contributed by atoms with Crippen LogP contribution in [0, 0.1) is 0 Å². The Morgan fingerprint density at radius 2 is 1.72 bits per heavy atom. The van der Waals surface area contributed by atoms with Crippen molar-refractivity contribution in [3.8, 4) is 11.5 Å². The Hall–Kier alpha value is -3.49. The largest absolute Gasteiger partial charge is 0.494 e. The van der Waals surface area contributed by atoms with Crippen LogP contribution in [0.25, 0.3) is 0 Å². The maximum absolute atomic E-state index is 13.6. The molecule has 0 fully saturated rings. The van der Waals surface area contributed by atoms with E-state index < -0.39 is 11.7 Å². The molecule has 0 saturated heterocycles. The van der Waals surface area contributed by atoms with Gasteiger partial charge in [0.15, 0.2) is 0 Å². The van der Waals surface area contributed by atoms with Gasteiger partial charge in [-0.2, -0.15) is 18.2 Å². The van der Waals surface area contributed by atoms with Crippen LogP contribution in [0.3, 0.4) is 0 Å². The summed E-state index contributed by atoms with van der Waals surface area (Å²) in [5.41, 5.74) is 0.00240. The summed E-state index contributed by atoms with van der Waals surface area (Å²) < 4.78 is 52.0. The number of para-hydroxylation sites is 2. The van der Waals surface area contributed by atoms with Gasteiger partial charge in [-0.3, -0.25) is 0 Å². The van der Waals surface area contributed by atoms with Crippen LogP contribution in [0.4, 0.5) is 36.3 Å². The number of halogens is 3. The number of anilines is 4. The van der Waals surface area contributed by atoms with Gasteiger partial charge in [-0.25, -0.2) is 4.98 Å². The van der Waals surface area contributed by atoms with Crippen molar-refractivity contribution < 1.29 is 22.6 Å². The van der Waals surface area contributed by atoms with E-state index in [4.69, 9.17) is 9.47 Å². The molecule has 2 aromatic carbocycles. The predicted octanol–water partition coefficient (Wildman–Crippen LogP) is 6.56. The Kier molecular flexibility index (Phi) is 7.40. The van der Waals surface area contributed by atoms with E-state index in [1.54, 1.807) is 48.5 Å². The summed E-state index contributed by atoms with van der Waals surface area (Å²) in [5, 5.41) is 5.68. The third-order valence-corrected chi connectivity index (χ3v) is 4.18. The molecule has 3 aromatic rings. The molecule has 0 spiro atoms. The Labute approximate surface area is 184 Å². The standard InChI is InChI=1S/C23H25F3N4O2/c1-4-13-31-17-11-9-16(10-12-17)28-22-27-14-18(23(24,25)26)21(30-22)29-19-7-5-6-8-20(19)32-15(2)3/h5-12,14-15H,4,13H2,1-3H3,(H2,27,28,29,30). The number of hydrogen-bond donors (Lipinski definition) is 2. The molecule has 2 N–H and O–H groups in total. The smallest absolute Gasteiger partial charge is 0.421 e. The topological polar surface area (TPSA) is 68.3 Å². The first-order valence-corrected chi connectivity index (χ1v) is 10.2.